The molecule has 0 saturated heterocycles. The fourth-order valence-electron chi connectivity index (χ4n) is 3.44. The summed E-state index contributed by atoms with van der Waals surface area (Å²) in [5.74, 6) is -0.482. The lowest BCUT2D eigenvalue weighted by Gasteiger charge is -2.34. The molecule has 0 radical (unpaired) electrons. The Labute approximate surface area is 165 Å². The molecule has 2 heterocycles. The Morgan fingerprint density at radius 2 is 1.93 bits per heavy atom. The van der Waals surface area contributed by atoms with Crippen LogP contribution in [0.1, 0.15) is 29.3 Å². The summed E-state index contributed by atoms with van der Waals surface area (Å²) >= 11 is 0. The summed E-state index contributed by atoms with van der Waals surface area (Å²) < 4.78 is 10.5. The van der Waals surface area contributed by atoms with Crippen LogP contribution in [0.4, 0.5) is 0 Å². The number of benzene rings is 1. The Hall–Kier alpha value is -2.64. The fraction of sp³-hybridized carbons (Fsp3) is 0.429. The lowest BCUT2D eigenvalue weighted by atomic mass is 9.98. The predicted molar refractivity (Wildman–Crippen MR) is 105 cm³/mol. The molecular weight excluding hydrogens is 358 g/mol. The number of methoxy groups -OCH3 is 1. The van der Waals surface area contributed by atoms with Crippen molar-refractivity contribution >= 4 is 11.8 Å². The number of hydrogen-bond acceptors (Lipinski definition) is 5. The van der Waals surface area contributed by atoms with Crippen LogP contribution in [0.25, 0.3) is 0 Å². The van der Waals surface area contributed by atoms with E-state index >= 15 is 0 Å². The number of hydrogen-bond donors (Lipinski definition) is 2. The first-order valence-corrected chi connectivity index (χ1v) is 9.58. The molecule has 2 aromatic rings. The SMILES string of the molecule is COCCCNC(=O)C(=O)NC[C@H](c1ccco1)N1CCc2ccccc2C1. The second-order valence-corrected chi connectivity index (χ2v) is 6.83. The van der Waals surface area contributed by atoms with E-state index in [0.29, 0.717) is 26.1 Å². The molecule has 1 aromatic heterocycles. The van der Waals surface area contributed by atoms with E-state index in [-0.39, 0.29) is 6.04 Å². The Morgan fingerprint density at radius 3 is 2.68 bits per heavy atom. The van der Waals surface area contributed by atoms with E-state index in [1.165, 1.54) is 11.1 Å². The van der Waals surface area contributed by atoms with Gasteiger partial charge in [-0.15, -0.1) is 0 Å². The molecule has 1 aromatic carbocycles. The van der Waals surface area contributed by atoms with Crippen LogP contribution in [0.3, 0.4) is 0 Å². The van der Waals surface area contributed by atoms with Crippen molar-refractivity contribution in [2.45, 2.75) is 25.4 Å². The molecule has 1 aliphatic heterocycles. The van der Waals surface area contributed by atoms with Crippen molar-refractivity contribution < 1.29 is 18.7 Å². The Morgan fingerprint density at radius 1 is 1.14 bits per heavy atom. The van der Waals surface area contributed by atoms with Gasteiger partial charge in [-0.2, -0.15) is 0 Å². The minimum absolute atomic E-state index is 0.131. The molecule has 0 fully saturated rings. The number of furan rings is 1. The van der Waals surface area contributed by atoms with Gasteiger partial charge in [-0.25, -0.2) is 0 Å². The zero-order chi connectivity index (χ0) is 19.8. The van der Waals surface area contributed by atoms with E-state index in [0.717, 1.165) is 25.3 Å². The predicted octanol–water partition coefficient (Wildman–Crippen LogP) is 1.65. The monoisotopic (exact) mass is 385 g/mol. The molecule has 150 valence electrons. The van der Waals surface area contributed by atoms with Crippen molar-refractivity contribution in [1.82, 2.24) is 15.5 Å². The highest BCUT2D eigenvalue weighted by atomic mass is 16.5. The lowest BCUT2D eigenvalue weighted by Crippen LogP contribution is -2.45. The van der Waals surface area contributed by atoms with Gasteiger partial charge in [-0.1, -0.05) is 24.3 Å². The van der Waals surface area contributed by atoms with E-state index in [9.17, 15) is 9.59 Å². The van der Waals surface area contributed by atoms with Crippen LogP contribution in [0.15, 0.2) is 47.1 Å². The van der Waals surface area contributed by atoms with Crippen molar-refractivity contribution in [3.05, 3.63) is 59.5 Å². The first-order chi connectivity index (χ1) is 13.7. The largest absolute Gasteiger partial charge is 0.468 e. The number of nitrogens with one attached hydrogen (secondary N) is 2. The maximum Gasteiger partial charge on any atom is 0.309 e. The molecule has 0 unspecified atom stereocenters. The highest BCUT2D eigenvalue weighted by Gasteiger charge is 2.27. The van der Waals surface area contributed by atoms with E-state index in [4.69, 9.17) is 9.15 Å². The number of fused-ring (bicyclic) bond motifs is 1. The topological polar surface area (TPSA) is 83.8 Å². The molecule has 3 rings (SSSR count). The van der Waals surface area contributed by atoms with Gasteiger partial charge < -0.3 is 19.8 Å². The lowest BCUT2D eigenvalue weighted by molar-refractivity contribution is -0.139. The maximum absolute atomic E-state index is 12.2. The van der Waals surface area contributed by atoms with Gasteiger partial charge in [-0.05, 0) is 36.1 Å². The van der Waals surface area contributed by atoms with Gasteiger partial charge in [0, 0.05) is 39.9 Å². The second-order valence-electron chi connectivity index (χ2n) is 6.83. The zero-order valence-electron chi connectivity index (χ0n) is 16.1. The molecule has 0 saturated carbocycles. The average molecular weight is 385 g/mol. The third-order valence-electron chi connectivity index (χ3n) is 4.95. The van der Waals surface area contributed by atoms with Crippen LogP contribution in [0.5, 0.6) is 0 Å². The van der Waals surface area contributed by atoms with Crippen LogP contribution in [0.2, 0.25) is 0 Å². The number of carbonyl (C=O) groups excluding carboxylic acids is 2. The Balaban J connectivity index is 1.59. The maximum atomic E-state index is 12.2. The quantitative estimate of drug-likeness (QED) is 0.533. The van der Waals surface area contributed by atoms with Crippen molar-refractivity contribution in [2.24, 2.45) is 0 Å². The standard InChI is InChI=1S/C21H27N3O4/c1-27-12-5-10-22-20(25)21(26)23-14-18(19-8-4-13-28-19)24-11-9-16-6-2-3-7-17(16)15-24/h2-4,6-8,13,18H,5,9-12,14-15H2,1H3,(H,22,25)(H,23,26)/t18-/m1/s1. The summed E-state index contributed by atoms with van der Waals surface area (Å²) in [6, 6.07) is 12.0. The fourth-order valence-corrected chi connectivity index (χ4v) is 3.44. The summed E-state index contributed by atoms with van der Waals surface area (Å²) in [5, 5.41) is 5.35. The van der Waals surface area contributed by atoms with Gasteiger partial charge in [0.1, 0.15) is 5.76 Å². The molecule has 2 N–H and O–H groups in total. The highest BCUT2D eigenvalue weighted by molar-refractivity contribution is 6.35. The molecule has 28 heavy (non-hydrogen) atoms. The molecular formula is C21H27N3O4. The van der Waals surface area contributed by atoms with Gasteiger partial charge in [0.15, 0.2) is 0 Å². The van der Waals surface area contributed by atoms with E-state index < -0.39 is 11.8 Å². The number of rotatable bonds is 8. The summed E-state index contributed by atoms with van der Waals surface area (Å²) in [4.78, 5) is 26.4. The normalized spacial score (nSPS) is 14.9. The van der Waals surface area contributed by atoms with Gasteiger partial charge >= 0.3 is 11.8 Å². The van der Waals surface area contributed by atoms with Crippen molar-refractivity contribution in [3.63, 3.8) is 0 Å². The van der Waals surface area contributed by atoms with Crippen molar-refractivity contribution in [2.75, 3.05) is 33.4 Å². The van der Waals surface area contributed by atoms with Gasteiger partial charge in [0.2, 0.25) is 0 Å². The van der Waals surface area contributed by atoms with E-state index in [1.807, 2.05) is 18.2 Å². The Kier molecular flexibility index (Phi) is 7.22. The minimum Gasteiger partial charge on any atom is -0.468 e. The summed E-state index contributed by atoms with van der Waals surface area (Å²) in [7, 11) is 1.60. The molecule has 0 aliphatic carbocycles. The number of nitrogens with zero attached hydrogens (tertiary/aromatic N) is 1. The van der Waals surface area contributed by atoms with Gasteiger partial charge in [0.25, 0.3) is 0 Å². The molecule has 1 aliphatic rings. The molecule has 7 nitrogen and oxygen atoms in total. The molecule has 2 amide bonds. The molecule has 7 heteroatoms. The molecule has 0 spiro atoms. The zero-order valence-corrected chi connectivity index (χ0v) is 16.1. The van der Waals surface area contributed by atoms with Crippen LogP contribution in [-0.4, -0.2) is 50.1 Å². The van der Waals surface area contributed by atoms with E-state index in [2.05, 4.69) is 33.7 Å². The number of ether oxygens (including phenoxy) is 1. The Bertz CT molecular complexity index is 776. The van der Waals surface area contributed by atoms with Gasteiger partial charge in [-0.3, -0.25) is 14.5 Å². The van der Waals surface area contributed by atoms with Crippen molar-refractivity contribution in [3.8, 4) is 0 Å². The smallest absolute Gasteiger partial charge is 0.309 e. The average Bonchev–Trinajstić information content (AvgIpc) is 3.25. The first kappa shape index (κ1) is 20.1. The third kappa shape index (κ3) is 5.21. The van der Waals surface area contributed by atoms with Gasteiger partial charge in [0.05, 0.1) is 12.3 Å². The number of amides is 2. The highest BCUT2D eigenvalue weighted by Crippen LogP contribution is 2.27. The van der Waals surface area contributed by atoms with Crippen LogP contribution in [-0.2, 0) is 27.3 Å². The second kappa shape index (κ2) is 10.1. The molecule has 1 atom stereocenters. The first-order valence-electron chi connectivity index (χ1n) is 9.58. The minimum atomic E-state index is -0.633. The van der Waals surface area contributed by atoms with Crippen LogP contribution >= 0.6 is 0 Å². The van der Waals surface area contributed by atoms with Crippen molar-refractivity contribution in [1.29, 1.82) is 0 Å². The summed E-state index contributed by atoms with van der Waals surface area (Å²) in [6.45, 7) is 2.89. The third-order valence-corrected chi connectivity index (χ3v) is 4.95. The summed E-state index contributed by atoms with van der Waals surface area (Å²) in [5.41, 5.74) is 2.64. The van der Waals surface area contributed by atoms with Crippen LogP contribution in [0, 0.1) is 0 Å². The van der Waals surface area contributed by atoms with Crippen LogP contribution < -0.4 is 10.6 Å². The number of carbonyl (C=O) groups is 2. The summed E-state index contributed by atoms with van der Waals surface area (Å²) in [6.07, 6.45) is 3.24. The molecule has 0 bridgehead atoms. The van der Waals surface area contributed by atoms with E-state index in [1.54, 1.807) is 13.4 Å².